The van der Waals surface area contributed by atoms with Gasteiger partial charge in [-0.1, -0.05) is 61.9 Å². The third-order valence-corrected chi connectivity index (χ3v) is 9.20. The van der Waals surface area contributed by atoms with Crippen LogP contribution in [0.15, 0.2) is 65.6 Å². The minimum atomic E-state index is -4.34. The quantitative estimate of drug-likeness (QED) is 0.292. The molecular weight excluding hydrogens is 460 g/mol. The average Bonchev–Trinajstić information content (AvgIpc) is 2.87. The molecule has 7 rings (SSSR count). The molecule has 4 aliphatic rings. The van der Waals surface area contributed by atoms with Gasteiger partial charge in [-0.3, -0.25) is 9.35 Å². The fraction of sp³-hybridized carbons (Fsp3) is 0.345. The molecular formula is C29H28O5S. The van der Waals surface area contributed by atoms with E-state index in [4.69, 9.17) is 4.74 Å². The molecule has 35 heavy (non-hydrogen) atoms. The zero-order valence-electron chi connectivity index (χ0n) is 19.6. The van der Waals surface area contributed by atoms with E-state index in [1.165, 1.54) is 34.4 Å². The SMILES string of the molecule is CCC1C2c3ccccc3C(c3ccccc32)C1C(=O)Oc1ccc(S(=O)(=O)O)c2c1CCCC2. The zero-order chi connectivity index (χ0) is 24.3. The fourth-order valence-electron chi connectivity index (χ4n) is 6.91. The highest BCUT2D eigenvalue weighted by Crippen LogP contribution is 2.59. The van der Waals surface area contributed by atoms with Crippen LogP contribution in [0.1, 0.15) is 71.4 Å². The van der Waals surface area contributed by atoms with Gasteiger partial charge >= 0.3 is 5.97 Å². The number of carbonyl (C=O) groups excluding carboxylic acids is 1. The van der Waals surface area contributed by atoms with Gasteiger partial charge in [0.2, 0.25) is 0 Å². The molecule has 2 unspecified atom stereocenters. The van der Waals surface area contributed by atoms with E-state index in [9.17, 15) is 17.8 Å². The highest BCUT2D eigenvalue weighted by atomic mass is 32.2. The van der Waals surface area contributed by atoms with Gasteiger partial charge < -0.3 is 4.74 Å². The Morgan fingerprint density at radius 1 is 0.857 bits per heavy atom. The Morgan fingerprint density at radius 2 is 1.40 bits per heavy atom. The lowest BCUT2D eigenvalue weighted by atomic mass is 9.53. The van der Waals surface area contributed by atoms with E-state index in [2.05, 4.69) is 43.3 Å². The van der Waals surface area contributed by atoms with Crippen LogP contribution in [0.2, 0.25) is 0 Å². The molecule has 180 valence electrons. The van der Waals surface area contributed by atoms with Crippen LogP contribution in [0, 0.1) is 11.8 Å². The zero-order valence-corrected chi connectivity index (χ0v) is 20.4. The van der Waals surface area contributed by atoms with Gasteiger partial charge in [-0.25, -0.2) is 0 Å². The van der Waals surface area contributed by atoms with Crippen molar-refractivity contribution in [3.63, 3.8) is 0 Å². The maximum Gasteiger partial charge on any atom is 0.315 e. The summed E-state index contributed by atoms with van der Waals surface area (Å²) in [5.41, 5.74) is 6.33. The molecule has 0 saturated heterocycles. The van der Waals surface area contributed by atoms with Crippen LogP contribution in [0.5, 0.6) is 5.75 Å². The van der Waals surface area contributed by atoms with Crippen molar-refractivity contribution in [1.29, 1.82) is 0 Å². The second-order valence-corrected chi connectivity index (χ2v) is 11.3. The predicted molar refractivity (Wildman–Crippen MR) is 132 cm³/mol. The molecule has 5 nitrogen and oxygen atoms in total. The van der Waals surface area contributed by atoms with Gasteiger partial charge in [0.05, 0.1) is 10.8 Å². The van der Waals surface area contributed by atoms with Gasteiger partial charge in [-0.05, 0) is 77.1 Å². The third kappa shape index (κ3) is 3.46. The van der Waals surface area contributed by atoms with E-state index in [0.29, 0.717) is 24.2 Å². The topological polar surface area (TPSA) is 80.7 Å². The summed E-state index contributed by atoms with van der Waals surface area (Å²) >= 11 is 0. The standard InChI is InChI=1S/C29H28O5S/c1-2-17-26-20-11-5-7-13-22(20)27(23-14-8-6-12-21(23)26)28(17)29(30)34-24-15-16-25(35(31,32)33)19-10-4-3-9-18(19)24/h5-8,11-17,26-28H,2-4,9-10H2,1H3,(H,31,32,33). The first-order valence-electron chi connectivity index (χ1n) is 12.4. The summed E-state index contributed by atoms with van der Waals surface area (Å²) in [4.78, 5) is 13.9. The summed E-state index contributed by atoms with van der Waals surface area (Å²) in [5.74, 6) is 0.0299. The number of esters is 1. The van der Waals surface area contributed by atoms with Crippen LogP contribution in [-0.4, -0.2) is 18.9 Å². The van der Waals surface area contributed by atoms with E-state index in [-0.39, 0.29) is 34.5 Å². The van der Waals surface area contributed by atoms with Gasteiger partial charge in [-0.2, -0.15) is 8.42 Å². The lowest BCUT2D eigenvalue weighted by molar-refractivity contribution is -0.142. The van der Waals surface area contributed by atoms with Crippen LogP contribution >= 0.6 is 0 Å². The first kappa shape index (κ1) is 22.5. The number of hydrogen-bond acceptors (Lipinski definition) is 4. The Balaban J connectivity index is 1.43. The molecule has 6 heteroatoms. The number of hydrogen-bond donors (Lipinski definition) is 1. The first-order valence-corrected chi connectivity index (χ1v) is 13.9. The Labute approximate surface area is 205 Å². The van der Waals surface area contributed by atoms with Crippen molar-refractivity contribution < 1.29 is 22.5 Å². The fourth-order valence-corrected chi connectivity index (χ4v) is 7.69. The second-order valence-electron chi connectivity index (χ2n) is 9.93. The van der Waals surface area contributed by atoms with E-state index in [1.807, 2.05) is 12.1 Å². The molecule has 2 bridgehead atoms. The second kappa shape index (κ2) is 8.32. The van der Waals surface area contributed by atoms with E-state index < -0.39 is 10.1 Å². The Morgan fingerprint density at radius 3 is 1.94 bits per heavy atom. The molecule has 0 saturated carbocycles. The Bertz CT molecular complexity index is 1390. The third-order valence-electron chi connectivity index (χ3n) is 8.26. The smallest absolute Gasteiger partial charge is 0.315 e. The van der Waals surface area contributed by atoms with Gasteiger partial charge in [0.1, 0.15) is 5.75 Å². The van der Waals surface area contributed by atoms with Crippen molar-refractivity contribution >= 4 is 16.1 Å². The molecule has 0 amide bonds. The molecule has 0 heterocycles. The van der Waals surface area contributed by atoms with Gasteiger partial charge in [-0.15, -0.1) is 0 Å². The highest BCUT2D eigenvalue weighted by Gasteiger charge is 2.52. The van der Waals surface area contributed by atoms with Crippen molar-refractivity contribution in [2.24, 2.45) is 11.8 Å². The molecule has 0 radical (unpaired) electrons. The Hall–Kier alpha value is -2.96. The molecule has 0 aliphatic heterocycles. The average molecular weight is 489 g/mol. The summed E-state index contributed by atoms with van der Waals surface area (Å²) in [6.07, 6.45) is 3.75. The highest BCUT2D eigenvalue weighted by molar-refractivity contribution is 7.85. The van der Waals surface area contributed by atoms with Crippen LogP contribution < -0.4 is 4.74 Å². The van der Waals surface area contributed by atoms with Gasteiger partial charge in [0, 0.05) is 11.8 Å². The van der Waals surface area contributed by atoms with Gasteiger partial charge in [0.25, 0.3) is 10.1 Å². The van der Waals surface area contributed by atoms with Crippen LogP contribution in [0.3, 0.4) is 0 Å². The minimum absolute atomic E-state index is 0.0713. The van der Waals surface area contributed by atoms with Crippen molar-refractivity contribution in [3.05, 3.63) is 94.0 Å². The largest absolute Gasteiger partial charge is 0.426 e. The minimum Gasteiger partial charge on any atom is -0.426 e. The van der Waals surface area contributed by atoms with Crippen LogP contribution in [0.25, 0.3) is 0 Å². The molecule has 2 atom stereocenters. The molecule has 0 fully saturated rings. The summed E-state index contributed by atoms with van der Waals surface area (Å²) in [7, 11) is -4.34. The summed E-state index contributed by atoms with van der Waals surface area (Å²) in [6.45, 7) is 2.14. The number of benzene rings is 3. The summed E-state index contributed by atoms with van der Waals surface area (Å²) < 4.78 is 39.7. The van der Waals surface area contributed by atoms with Crippen molar-refractivity contribution in [3.8, 4) is 5.75 Å². The lowest BCUT2D eigenvalue weighted by Crippen LogP contribution is -2.45. The summed E-state index contributed by atoms with van der Waals surface area (Å²) in [5, 5.41) is 0. The molecule has 1 N–H and O–H groups in total. The number of rotatable bonds is 4. The van der Waals surface area contributed by atoms with E-state index >= 15 is 0 Å². The van der Waals surface area contributed by atoms with Crippen molar-refractivity contribution in [2.75, 3.05) is 0 Å². The molecule has 0 aromatic heterocycles. The number of ether oxygens (including phenoxy) is 1. The Kier molecular flexibility index (Phi) is 5.35. The van der Waals surface area contributed by atoms with E-state index in [1.54, 1.807) is 0 Å². The van der Waals surface area contributed by atoms with Crippen molar-refractivity contribution in [2.45, 2.75) is 55.8 Å². The molecule has 3 aromatic carbocycles. The lowest BCUT2D eigenvalue weighted by Gasteiger charge is -2.49. The molecule has 4 aliphatic carbocycles. The number of carbonyl (C=O) groups is 1. The maximum absolute atomic E-state index is 13.9. The van der Waals surface area contributed by atoms with Crippen LogP contribution in [0.4, 0.5) is 0 Å². The van der Waals surface area contributed by atoms with Crippen molar-refractivity contribution in [1.82, 2.24) is 0 Å². The molecule has 3 aromatic rings. The van der Waals surface area contributed by atoms with Gasteiger partial charge in [0.15, 0.2) is 0 Å². The van der Waals surface area contributed by atoms with E-state index in [0.717, 1.165) is 24.8 Å². The maximum atomic E-state index is 13.9. The monoisotopic (exact) mass is 488 g/mol. The normalized spacial score (nSPS) is 24.3. The summed E-state index contributed by atoms with van der Waals surface area (Å²) in [6, 6.07) is 19.8. The van der Waals surface area contributed by atoms with Crippen LogP contribution in [-0.2, 0) is 27.8 Å². The molecule has 0 spiro atoms. The predicted octanol–water partition coefficient (Wildman–Crippen LogP) is 5.65. The first-order chi connectivity index (χ1) is 16.9. The number of fused-ring (bicyclic) bond motifs is 2.